The molecule has 0 aromatic carbocycles. The second-order valence-electron chi connectivity index (χ2n) is 2.98. The zero-order valence-electron chi connectivity index (χ0n) is 8.88. The third-order valence-electron chi connectivity index (χ3n) is 2.03. The van der Waals surface area contributed by atoms with Gasteiger partial charge in [-0.1, -0.05) is 0 Å². The van der Waals surface area contributed by atoms with Crippen LogP contribution in [0.3, 0.4) is 0 Å². The van der Waals surface area contributed by atoms with E-state index in [0.717, 1.165) is 31.9 Å². The van der Waals surface area contributed by atoms with Gasteiger partial charge in [0.1, 0.15) is 5.82 Å². The van der Waals surface area contributed by atoms with Crippen molar-refractivity contribution in [3.8, 4) is 11.8 Å². The van der Waals surface area contributed by atoms with Gasteiger partial charge in [-0.2, -0.15) is 0 Å². The van der Waals surface area contributed by atoms with Crippen LogP contribution in [-0.4, -0.2) is 16.1 Å². The van der Waals surface area contributed by atoms with E-state index < -0.39 is 0 Å². The van der Waals surface area contributed by atoms with Crippen LogP contribution in [0.1, 0.15) is 26.1 Å². The lowest BCUT2D eigenvalue weighted by Crippen LogP contribution is -2.17. The van der Waals surface area contributed by atoms with E-state index in [1.54, 1.807) is 0 Å². The molecule has 3 nitrogen and oxygen atoms in total. The van der Waals surface area contributed by atoms with Crippen LogP contribution < -0.4 is 5.32 Å². The van der Waals surface area contributed by atoms with Crippen molar-refractivity contribution in [2.75, 3.05) is 6.54 Å². The first-order valence-electron chi connectivity index (χ1n) is 4.98. The number of aromatic nitrogens is 2. The van der Waals surface area contributed by atoms with Gasteiger partial charge >= 0.3 is 0 Å². The summed E-state index contributed by atoms with van der Waals surface area (Å²) in [5, 5.41) is 3.31. The van der Waals surface area contributed by atoms with Gasteiger partial charge in [-0.05, 0) is 13.8 Å². The summed E-state index contributed by atoms with van der Waals surface area (Å²) in [6, 6.07) is 0. The fourth-order valence-electron chi connectivity index (χ4n) is 1.27. The predicted molar refractivity (Wildman–Crippen MR) is 57.7 cm³/mol. The summed E-state index contributed by atoms with van der Waals surface area (Å²) in [4.78, 5) is 4.27. The normalized spacial score (nSPS) is 9.57. The second kappa shape index (κ2) is 6.22. The Kier molecular flexibility index (Phi) is 4.81. The van der Waals surface area contributed by atoms with Crippen molar-refractivity contribution in [1.29, 1.82) is 0 Å². The monoisotopic (exact) mass is 191 g/mol. The molecule has 3 heteroatoms. The van der Waals surface area contributed by atoms with Gasteiger partial charge in [0.05, 0.1) is 6.54 Å². The molecule has 1 rings (SSSR count). The van der Waals surface area contributed by atoms with Crippen molar-refractivity contribution in [1.82, 2.24) is 14.9 Å². The third kappa shape index (κ3) is 3.23. The van der Waals surface area contributed by atoms with E-state index >= 15 is 0 Å². The van der Waals surface area contributed by atoms with Crippen LogP contribution in [0.5, 0.6) is 0 Å². The van der Waals surface area contributed by atoms with E-state index in [-0.39, 0.29) is 0 Å². The quantitative estimate of drug-likeness (QED) is 0.563. The number of rotatable bonds is 5. The average Bonchev–Trinajstić information content (AvgIpc) is 2.65. The van der Waals surface area contributed by atoms with Gasteiger partial charge in [-0.3, -0.25) is 0 Å². The van der Waals surface area contributed by atoms with Crippen LogP contribution in [0.15, 0.2) is 12.4 Å². The molecular formula is C11H17N3. The zero-order chi connectivity index (χ0) is 10.2. The molecule has 0 aliphatic carbocycles. The molecule has 0 atom stereocenters. The number of aryl methyl sites for hydroxylation is 1. The summed E-state index contributed by atoms with van der Waals surface area (Å²) in [6.45, 7) is 6.72. The fraction of sp³-hybridized carbons (Fsp3) is 0.545. The van der Waals surface area contributed by atoms with Gasteiger partial charge in [0, 0.05) is 31.9 Å². The highest BCUT2D eigenvalue weighted by atomic mass is 15.1. The molecule has 0 spiro atoms. The third-order valence-corrected chi connectivity index (χ3v) is 2.03. The van der Waals surface area contributed by atoms with Crippen molar-refractivity contribution in [2.24, 2.45) is 0 Å². The minimum atomic E-state index is 0.826. The molecule has 1 aromatic rings. The molecule has 14 heavy (non-hydrogen) atoms. The smallest absolute Gasteiger partial charge is 0.122 e. The Balaban J connectivity index is 2.26. The fourth-order valence-corrected chi connectivity index (χ4v) is 1.27. The number of nitrogens with zero attached hydrogens (tertiary/aromatic N) is 2. The van der Waals surface area contributed by atoms with Crippen LogP contribution >= 0.6 is 0 Å². The lowest BCUT2D eigenvalue weighted by molar-refractivity contribution is 0.619. The summed E-state index contributed by atoms with van der Waals surface area (Å²) >= 11 is 0. The Labute approximate surface area is 85.5 Å². The molecular weight excluding hydrogens is 174 g/mol. The topological polar surface area (TPSA) is 29.9 Å². The molecule has 0 bridgehead atoms. The predicted octanol–water partition coefficient (Wildman–Crippen LogP) is 1.41. The largest absolute Gasteiger partial charge is 0.334 e. The summed E-state index contributed by atoms with van der Waals surface area (Å²) < 4.78 is 2.14. The lowest BCUT2D eigenvalue weighted by Gasteiger charge is -2.04. The van der Waals surface area contributed by atoms with Crippen molar-refractivity contribution in [2.45, 2.75) is 33.4 Å². The maximum Gasteiger partial charge on any atom is 0.122 e. The highest BCUT2D eigenvalue weighted by Crippen LogP contribution is 1.96. The van der Waals surface area contributed by atoms with Crippen molar-refractivity contribution >= 4 is 0 Å². The summed E-state index contributed by atoms with van der Waals surface area (Å²) in [6.07, 6.45) is 4.75. The number of hydrogen-bond donors (Lipinski definition) is 1. The van der Waals surface area contributed by atoms with Gasteiger partial charge < -0.3 is 9.88 Å². The highest BCUT2D eigenvalue weighted by Gasteiger charge is 1.98. The first kappa shape index (κ1) is 10.8. The Bertz CT molecular complexity index is 317. The number of hydrogen-bond acceptors (Lipinski definition) is 2. The number of imidazole rings is 1. The summed E-state index contributed by atoms with van der Waals surface area (Å²) in [5.41, 5.74) is 0. The standard InChI is InChI=1S/C11H17N3/c1-3-5-6-7-12-10-11-13-8-9-14(11)4-2/h8-9,12H,4,6-7,10H2,1-2H3. The van der Waals surface area contributed by atoms with Gasteiger partial charge in [-0.25, -0.2) is 4.98 Å². The Hall–Kier alpha value is -1.27. The molecule has 0 aliphatic rings. The molecule has 0 amide bonds. The van der Waals surface area contributed by atoms with E-state index in [9.17, 15) is 0 Å². The van der Waals surface area contributed by atoms with Crippen LogP contribution in [-0.2, 0) is 13.1 Å². The van der Waals surface area contributed by atoms with E-state index in [4.69, 9.17) is 0 Å². The van der Waals surface area contributed by atoms with E-state index in [1.165, 1.54) is 0 Å². The zero-order valence-corrected chi connectivity index (χ0v) is 8.88. The molecule has 1 aromatic heterocycles. The molecule has 0 fully saturated rings. The number of nitrogens with one attached hydrogen (secondary N) is 1. The first-order valence-corrected chi connectivity index (χ1v) is 4.98. The minimum absolute atomic E-state index is 0.826. The van der Waals surface area contributed by atoms with Gasteiger partial charge in [-0.15, -0.1) is 11.8 Å². The van der Waals surface area contributed by atoms with Crippen molar-refractivity contribution < 1.29 is 0 Å². The van der Waals surface area contributed by atoms with Gasteiger partial charge in [0.15, 0.2) is 0 Å². The molecule has 0 aliphatic heterocycles. The van der Waals surface area contributed by atoms with Crippen LogP contribution in [0.4, 0.5) is 0 Å². The Morgan fingerprint density at radius 1 is 1.57 bits per heavy atom. The molecule has 1 heterocycles. The Morgan fingerprint density at radius 3 is 3.14 bits per heavy atom. The summed E-state index contributed by atoms with van der Waals surface area (Å²) in [5.74, 6) is 6.98. The average molecular weight is 191 g/mol. The maximum absolute atomic E-state index is 4.27. The van der Waals surface area contributed by atoms with Gasteiger partial charge in [0.2, 0.25) is 0 Å². The SMILES string of the molecule is CC#CCCNCc1nccn1CC. The van der Waals surface area contributed by atoms with Crippen molar-refractivity contribution in [3.05, 3.63) is 18.2 Å². The molecule has 0 radical (unpaired) electrons. The Morgan fingerprint density at radius 2 is 2.43 bits per heavy atom. The second-order valence-corrected chi connectivity index (χ2v) is 2.98. The maximum atomic E-state index is 4.27. The minimum Gasteiger partial charge on any atom is -0.334 e. The summed E-state index contributed by atoms with van der Waals surface area (Å²) in [7, 11) is 0. The molecule has 0 saturated carbocycles. The van der Waals surface area contributed by atoms with Crippen LogP contribution in [0.2, 0.25) is 0 Å². The van der Waals surface area contributed by atoms with E-state index in [1.807, 2.05) is 19.3 Å². The molecule has 0 saturated heterocycles. The first-order chi connectivity index (χ1) is 6.88. The molecule has 1 N–H and O–H groups in total. The molecule has 76 valence electrons. The lowest BCUT2D eigenvalue weighted by atomic mass is 10.4. The van der Waals surface area contributed by atoms with Crippen molar-refractivity contribution in [3.63, 3.8) is 0 Å². The van der Waals surface area contributed by atoms with Crippen LogP contribution in [0, 0.1) is 11.8 Å². The van der Waals surface area contributed by atoms with E-state index in [2.05, 4.69) is 33.6 Å². The van der Waals surface area contributed by atoms with Gasteiger partial charge in [0.25, 0.3) is 0 Å². The van der Waals surface area contributed by atoms with Crippen LogP contribution in [0.25, 0.3) is 0 Å². The van der Waals surface area contributed by atoms with E-state index in [0.29, 0.717) is 0 Å². The highest BCUT2D eigenvalue weighted by molar-refractivity contribution is 4.96. The molecule has 0 unspecified atom stereocenters.